The maximum atomic E-state index is 10.4. The average Bonchev–Trinajstić information content (AvgIpc) is 2.07. The molecule has 0 fully saturated rings. The molecule has 0 heterocycles. The van der Waals surface area contributed by atoms with Crippen LogP contribution in [0.3, 0.4) is 0 Å². The molecule has 16 heavy (non-hydrogen) atoms. The molecule has 1 rings (SSSR count). The summed E-state index contributed by atoms with van der Waals surface area (Å²) >= 11 is 0. The van der Waals surface area contributed by atoms with Gasteiger partial charge in [-0.15, -0.1) is 0 Å². The monoisotopic (exact) mass is 224 g/mol. The van der Waals surface area contributed by atoms with Crippen molar-refractivity contribution in [3.63, 3.8) is 0 Å². The Morgan fingerprint density at radius 2 is 0.812 bits per heavy atom. The summed E-state index contributed by atoms with van der Waals surface area (Å²) in [6, 6.07) is 0. The normalized spacial score (nSPS) is 35.5. The predicted molar refractivity (Wildman–Crippen MR) is 67.1 cm³/mol. The number of hydrogen-bond donors (Lipinski definition) is 2. The Hall–Kier alpha value is -0.600. The van der Waals surface area contributed by atoms with Crippen LogP contribution in [0.5, 0.6) is 0 Å². The van der Waals surface area contributed by atoms with Gasteiger partial charge in [-0.05, 0) is 35.1 Å². The van der Waals surface area contributed by atoms with Crippen molar-refractivity contribution >= 4 is 0 Å². The molecule has 0 saturated heterocycles. The van der Waals surface area contributed by atoms with E-state index in [2.05, 4.69) is 0 Å². The van der Waals surface area contributed by atoms with E-state index in [-0.39, 0.29) is 10.8 Å². The average molecular weight is 224 g/mol. The Labute approximate surface area is 98.7 Å². The molecule has 0 atom stereocenters. The molecule has 0 aromatic carbocycles. The molecule has 2 N–H and O–H groups in total. The Morgan fingerprint density at radius 1 is 0.625 bits per heavy atom. The smallest absolute Gasteiger partial charge is 0.106 e. The van der Waals surface area contributed by atoms with Crippen LogP contribution >= 0.6 is 0 Å². The van der Waals surface area contributed by atoms with Crippen LogP contribution in [0.1, 0.15) is 41.5 Å². The van der Waals surface area contributed by atoms with Crippen molar-refractivity contribution in [2.45, 2.75) is 52.7 Å². The molecule has 1 aliphatic carbocycles. The highest BCUT2D eigenvalue weighted by molar-refractivity contribution is 5.33. The van der Waals surface area contributed by atoms with Crippen LogP contribution in [0.2, 0.25) is 0 Å². The second-order valence-corrected chi connectivity index (χ2v) is 6.82. The highest BCUT2D eigenvalue weighted by Crippen LogP contribution is 2.41. The lowest BCUT2D eigenvalue weighted by atomic mass is 9.68. The zero-order chi connectivity index (χ0) is 12.8. The van der Waals surface area contributed by atoms with Crippen LogP contribution in [-0.4, -0.2) is 21.4 Å². The van der Waals surface area contributed by atoms with Crippen molar-refractivity contribution < 1.29 is 10.2 Å². The van der Waals surface area contributed by atoms with Crippen LogP contribution in [0.4, 0.5) is 0 Å². The van der Waals surface area contributed by atoms with Gasteiger partial charge >= 0.3 is 0 Å². The zero-order valence-corrected chi connectivity index (χ0v) is 11.2. The Morgan fingerprint density at radius 3 is 0.938 bits per heavy atom. The lowest BCUT2D eigenvalue weighted by molar-refractivity contribution is -0.000585. The minimum atomic E-state index is -0.982. The first kappa shape index (κ1) is 13.5. The van der Waals surface area contributed by atoms with Crippen molar-refractivity contribution in [3.05, 3.63) is 24.3 Å². The second kappa shape index (κ2) is 3.44. The van der Waals surface area contributed by atoms with E-state index in [4.69, 9.17) is 0 Å². The van der Waals surface area contributed by atoms with Gasteiger partial charge in [0.25, 0.3) is 0 Å². The van der Waals surface area contributed by atoms with Crippen molar-refractivity contribution in [2.75, 3.05) is 0 Å². The van der Waals surface area contributed by atoms with E-state index in [1.165, 1.54) is 0 Å². The first-order valence-corrected chi connectivity index (χ1v) is 5.77. The van der Waals surface area contributed by atoms with Gasteiger partial charge in [0.1, 0.15) is 11.2 Å². The van der Waals surface area contributed by atoms with Crippen molar-refractivity contribution in [1.29, 1.82) is 0 Å². The van der Waals surface area contributed by atoms with E-state index in [9.17, 15) is 10.2 Å². The lowest BCUT2D eigenvalue weighted by Crippen LogP contribution is -2.47. The van der Waals surface area contributed by atoms with Crippen molar-refractivity contribution in [2.24, 2.45) is 10.8 Å². The van der Waals surface area contributed by atoms with E-state index in [1.54, 1.807) is 24.3 Å². The van der Waals surface area contributed by atoms with Gasteiger partial charge in [-0.2, -0.15) is 0 Å². The largest absolute Gasteiger partial charge is 0.381 e. The van der Waals surface area contributed by atoms with Crippen molar-refractivity contribution in [1.82, 2.24) is 0 Å². The molecule has 1 aliphatic rings. The summed E-state index contributed by atoms with van der Waals surface area (Å²) < 4.78 is 0. The number of aliphatic hydroxyl groups is 2. The Bertz CT molecular complexity index is 278. The minimum absolute atomic E-state index is 0.279. The third-order valence-corrected chi connectivity index (χ3v) is 3.59. The van der Waals surface area contributed by atoms with E-state index < -0.39 is 11.2 Å². The summed E-state index contributed by atoms with van der Waals surface area (Å²) in [6.07, 6.45) is 6.83. The molecule has 0 aromatic rings. The first-order chi connectivity index (χ1) is 6.91. The quantitative estimate of drug-likeness (QED) is 0.621. The molecule has 0 amide bonds. The van der Waals surface area contributed by atoms with Gasteiger partial charge in [-0.25, -0.2) is 0 Å². The van der Waals surface area contributed by atoms with Gasteiger partial charge in [-0.3, -0.25) is 0 Å². The third kappa shape index (κ3) is 2.09. The maximum absolute atomic E-state index is 10.4. The zero-order valence-electron chi connectivity index (χ0n) is 11.2. The van der Waals surface area contributed by atoms with Gasteiger partial charge in [0, 0.05) is 0 Å². The van der Waals surface area contributed by atoms with Gasteiger partial charge in [0.15, 0.2) is 0 Å². The molecular weight excluding hydrogens is 200 g/mol. The molecule has 2 heteroatoms. The molecule has 0 unspecified atom stereocenters. The molecular formula is C14H24O2. The van der Waals surface area contributed by atoms with Gasteiger partial charge < -0.3 is 10.2 Å². The molecule has 0 radical (unpaired) electrons. The summed E-state index contributed by atoms with van der Waals surface area (Å²) in [5.74, 6) is 0. The van der Waals surface area contributed by atoms with Crippen LogP contribution in [0.25, 0.3) is 0 Å². The predicted octanol–water partition coefficient (Wildman–Crippen LogP) is 2.67. The molecule has 0 saturated carbocycles. The number of hydrogen-bond acceptors (Lipinski definition) is 2. The van der Waals surface area contributed by atoms with Crippen LogP contribution in [0.15, 0.2) is 24.3 Å². The maximum Gasteiger partial charge on any atom is 0.106 e. The third-order valence-electron chi connectivity index (χ3n) is 3.59. The standard InChI is InChI=1S/C14H24O2/c1-11(2,3)13(15)7-9-14(16,10-8-13)12(4,5)6/h7-10,15-16H,1-6H3. The fourth-order valence-electron chi connectivity index (χ4n) is 1.62. The lowest BCUT2D eigenvalue weighted by Gasteiger charge is -2.43. The summed E-state index contributed by atoms with van der Waals surface area (Å²) in [7, 11) is 0. The summed E-state index contributed by atoms with van der Waals surface area (Å²) in [5.41, 5.74) is -2.52. The van der Waals surface area contributed by atoms with Gasteiger partial charge in [0.05, 0.1) is 0 Å². The molecule has 0 bridgehead atoms. The van der Waals surface area contributed by atoms with Crippen LogP contribution in [-0.2, 0) is 0 Å². The molecule has 0 aromatic heterocycles. The SMILES string of the molecule is CC(C)(C)C1(O)C=CC(O)(C(C)(C)C)C=C1. The van der Waals surface area contributed by atoms with E-state index in [1.807, 2.05) is 41.5 Å². The van der Waals surface area contributed by atoms with E-state index in [0.717, 1.165) is 0 Å². The fraction of sp³-hybridized carbons (Fsp3) is 0.714. The van der Waals surface area contributed by atoms with E-state index in [0.29, 0.717) is 0 Å². The summed E-state index contributed by atoms with van der Waals surface area (Å²) in [6.45, 7) is 11.9. The van der Waals surface area contributed by atoms with Crippen molar-refractivity contribution in [3.8, 4) is 0 Å². The molecule has 0 aliphatic heterocycles. The van der Waals surface area contributed by atoms with Crippen LogP contribution in [0, 0.1) is 10.8 Å². The topological polar surface area (TPSA) is 40.5 Å². The Balaban J connectivity index is 3.06. The second-order valence-electron chi connectivity index (χ2n) is 6.82. The highest BCUT2D eigenvalue weighted by atomic mass is 16.3. The number of rotatable bonds is 0. The minimum Gasteiger partial charge on any atom is -0.381 e. The first-order valence-electron chi connectivity index (χ1n) is 5.77. The molecule has 0 spiro atoms. The highest BCUT2D eigenvalue weighted by Gasteiger charge is 2.43. The van der Waals surface area contributed by atoms with Crippen LogP contribution < -0.4 is 0 Å². The Kier molecular flexibility index (Phi) is 2.90. The summed E-state index contributed by atoms with van der Waals surface area (Å²) in [4.78, 5) is 0. The van der Waals surface area contributed by atoms with E-state index >= 15 is 0 Å². The molecule has 92 valence electrons. The fourth-order valence-corrected chi connectivity index (χ4v) is 1.62. The summed E-state index contributed by atoms with van der Waals surface area (Å²) in [5, 5.41) is 20.8. The van der Waals surface area contributed by atoms with Gasteiger partial charge in [0.2, 0.25) is 0 Å². The van der Waals surface area contributed by atoms with Gasteiger partial charge in [-0.1, -0.05) is 41.5 Å². The molecule has 2 nitrogen and oxygen atoms in total.